The van der Waals surface area contributed by atoms with Gasteiger partial charge in [-0.1, -0.05) is 38.1 Å². The molecule has 0 aromatic heterocycles. The number of hydrogen-bond donors (Lipinski definition) is 1. The first kappa shape index (κ1) is 27.2. The summed E-state index contributed by atoms with van der Waals surface area (Å²) < 4.78 is 31.6. The third-order valence-corrected chi connectivity index (χ3v) is 7.95. The fraction of sp³-hybridized carbons (Fsp3) is 0.423. The molecule has 0 fully saturated rings. The average molecular weight is 516 g/mol. The van der Waals surface area contributed by atoms with Crippen LogP contribution < -0.4 is 10.1 Å². The Labute approximate surface area is 212 Å². The number of ether oxygens (including phenoxy) is 1. The van der Waals surface area contributed by atoms with Gasteiger partial charge in [0.2, 0.25) is 11.8 Å². The highest BCUT2D eigenvalue weighted by molar-refractivity contribution is 7.90. The molecule has 2 aromatic rings. The largest absolute Gasteiger partial charge is 0.497 e. The molecule has 1 N–H and O–H groups in total. The zero-order valence-electron chi connectivity index (χ0n) is 20.9. The van der Waals surface area contributed by atoms with Crippen LogP contribution in [0, 0.1) is 0 Å². The number of nitrogens with one attached hydrogen (secondary N) is 1. The SMILES string of the molecule is CCCNC(=O)C(CC)N(Cc1ccc(OC)cc1)C(=O)CCCN1C(=O)c2ccccc2S1(=O)=O. The molecule has 0 saturated heterocycles. The van der Waals surface area contributed by atoms with Crippen LogP contribution in [0.5, 0.6) is 5.75 Å². The van der Waals surface area contributed by atoms with Crippen LogP contribution in [0.2, 0.25) is 0 Å². The number of methoxy groups -OCH3 is 1. The fourth-order valence-corrected chi connectivity index (χ4v) is 5.79. The number of hydrogen-bond acceptors (Lipinski definition) is 6. The lowest BCUT2D eigenvalue weighted by molar-refractivity contribution is -0.141. The minimum atomic E-state index is -3.93. The maximum absolute atomic E-state index is 13.4. The van der Waals surface area contributed by atoms with Crippen molar-refractivity contribution in [2.45, 2.75) is 57.0 Å². The summed E-state index contributed by atoms with van der Waals surface area (Å²) in [5.74, 6) is -0.416. The summed E-state index contributed by atoms with van der Waals surface area (Å²) in [5, 5.41) is 2.87. The van der Waals surface area contributed by atoms with E-state index in [2.05, 4.69) is 5.32 Å². The van der Waals surface area contributed by atoms with Gasteiger partial charge in [0.05, 0.1) is 12.7 Å². The topological polar surface area (TPSA) is 113 Å². The van der Waals surface area contributed by atoms with E-state index in [9.17, 15) is 22.8 Å². The van der Waals surface area contributed by atoms with Crippen molar-refractivity contribution in [2.75, 3.05) is 20.2 Å². The van der Waals surface area contributed by atoms with Crippen LogP contribution in [0.1, 0.15) is 55.5 Å². The van der Waals surface area contributed by atoms with Crippen molar-refractivity contribution in [3.63, 3.8) is 0 Å². The van der Waals surface area contributed by atoms with Crippen LogP contribution in [0.4, 0.5) is 0 Å². The van der Waals surface area contributed by atoms with Crippen molar-refractivity contribution >= 4 is 27.7 Å². The molecule has 3 amide bonds. The minimum absolute atomic E-state index is 0.0106. The van der Waals surface area contributed by atoms with Crippen LogP contribution >= 0.6 is 0 Å². The summed E-state index contributed by atoms with van der Waals surface area (Å²) in [6, 6.07) is 12.7. The number of nitrogens with zero attached hydrogens (tertiary/aromatic N) is 2. The van der Waals surface area contributed by atoms with Gasteiger partial charge in [-0.15, -0.1) is 0 Å². The third-order valence-electron chi connectivity index (χ3n) is 6.11. The summed E-state index contributed by atoms with van der Waals surface area (Å²) in [6.45, 7) is 4.41. The highest BCUT2D eigenvalue weighted by atomic mass is 32.2. The van der Waals surface area contributed by atoms with Gasteiger partial charge in [-0.3, -0.25) is 14.4 Å². The molecular formula is C26H33N3O6S. The highest BCUT2D eigenvalue weighted by Gasteiger charge is 2.40. The van der Waals surface area contributed by atoms with Crippen molar-refractivity contribution in [1.82, 2.24) is 14.5 Å². The Morgan fingerprint density at radius 3 is 2.39 bits per heavy atom. The van der Waals surface area contributed by atoms with Crippen molar-refractivity contribution in [1.29, 1.82) is 0 Å². The normalized spacial score (nSPS) is 14.8. The Kier molecular flexibility index (Phi) is 9.08. The van der Waals surface area contributed by atoms with Gasteiger partial charge < -0.3 is 15.0 Å². The van der Waals surface area contributed by atoms with Crippen molar-refractivity contribution in [3.05, 3.63) is 59.7 Å². The van der Waals surface area contributed by atoms with E-state index in [1.165, 1.54) is 17.0 Å². The van der Waals surface area contributed by atoms with Crippen LogP contribution in [-0.2, 0) is 26.2 Å². The first-order chi connectivity index (χ1) is 17.2. The molecule has 36 heavy (non-hydrogen) atoms. The minimum Gasteiger partial charge on any atom is -0.497 e. The van der Waals surface area contributed by atoms with E-state index in [1.807, 2.05) is 26.0 Å². The quantitative estimate of drug-likeness (QED) is 0.465. The Balaban J connectivity index is 1.73. The monoisotopic (exact) mass is 515 g/mol. The smallest absolute Gasteiger partial charge is 0.269 e. The first-order valence-corrected chi connectivity index (χ1v) is 13.5. The van der Waals surface area contributed by atoms with E-state index in [0.717, 1.165) is 16.3 Å². The van der Waals surface area contributed by atoms with Gasteiger partial charge in [0, 0.05) is 26.1 Å². The second-order valence-corrected chi connectivity index (χ2v) is 10.4. The number of fused-ring (bicyclic) bond motifs is 1. The van der Waals surface area contributed by atoms with Gasteiger partial charge in [-0.25, -0.2) is 12.7 Å². The summed E-state index contributed by atoms with van der Waals surface area (Å²) in [5.41, 5.74) is 0.974. The van der Waals surface area contributed by atoms with Gasteiger partial charge in [0.15, 0.2) is 0 Å². The molecule has 9 nitrogen and oxygen atoms in total. The van der Waals surface area contributed by atoms with Gasteiger partial charge >= 0.3 is 0 Å². The van der Waals surface area contributed by atoms with E-state index >= 15 is 0 Å². The number of benzene rings is 2. The molecule has 1 aliphatic rings. The van der Waals surface area contributed by atoms with Gasteiger partial charge in [-0.05, 0) is 49.1 Å². The summed E-state index contributed by atoms with van der Waals surface area (Å²) in [4.78, 5) is 40.4. The van der Waals surface area contributed by atoms with E-state index in [0.29, 0.717) is 18.7 Å². The Bertz CT molecular complexity index is 1200. The molecule has 0 aliphatic carbocycles. The highest BCUT2D eigenvalue weighted by Crippen LogP contribution is 2.30. The zero-order valence-corrected chi connectivity index (χ0v) is 21.7. The lowest BCUT2D eigenvalue weighted by Gasteiger charge is -2.31. The molecule has 0 saturated carbocycles. The van der Waals surface area contributed by atoms with Crippen molar-refractivity contribution < 1.29 is 27.5 Å². The van der Waals surface area contributed by atoms with Crippen LogP contribution in [-0.4, -0.2) is 61.6 Å². The third kappa shape index (κ3) is 5.87. The number of amides is 3. The Morgan fingerprint density at radius 1 is 1.08 bits per heavy atom. The van der Waals surface area contributed by atoms with E-state index in [1.54, 1.807) is 31.4 Å². The molecule has 1 atom stereocenters. The van der Waals surface area contributed by atoms with Crippen molar-refractivity contribution in [2.24, 2.45) is 0 Å². The molecule has 194 valence electrons. The predicted octanol–water partition coefficient (Wildman–Crippen LogP) is 2.95. The summed E-state index contributed by atoms with van der Waals surface area (Å²) >= 11 is 0. The molecule has 1 aliphatic heterocycles. The summed E-state index contributed by atoms with van der Waals surface area (Å²) in [6.07, 6.45) is 1.33. The van der Waals surface area contributed by atoms with Crippen LogP contribution in [0.25, 0.3) is 0 Å². The second kappa shape index (κ2) is 12.0. The van der Waals surface area contributed by atoms with Crippen LogP contribution in [0.3, 0.4) is 0 Å². The molecule has 3 rings (SSSR count). The van der Waals surface area contributed by atoms with Gasteiger partial charge in [0.1, 0.15) is 16.7 Å². The molecule has 10 heteroatoms. The fourth-order valence-electron chi connectivity index (χ4n) is 4.18. The van der Waals surface area contributed by atoms with E-state index < -0.39 is 22.0 Å². The Hall–Kier alpha value is -3.40. The van der Waals surface area contributed by atoms with E-state index in [-0.39, 0.29) is 48.2 Å². The molecule has 1 heterocycles. The molecule has 1 unspecified atom stereocenters. The zero-order chi connectivity index (χ0) is 26.3. The molecule has 0 radical (unpaired) electrons. The predicted molar refractivity (Wildman–Crippen MR) is 135 cm³/mol. The van der Waals surface area contributed by atoms with Gasteiger partial charge in [0.25, 0.3) is 15.9 Å². The second-order valence-electron chi connectivity index (χ2n) is 8.57. The van der Waals surface area contributed by atoms with E-state index in [4.69, 9.17) is 4.74 Å². The Morgan fingerprint density at radius 2 is 1.78 bits per heavy atom. The number of sulfonamides is 1. The maximum Gasteiger partial charge on any atom is 0.269 e. The first-order valence-electron chi connectivity index (χ1n) is 12.1. The number of rotatable bonds is 12. The van der Waals surface area contributed by atoms with Crippen molar-refractivity contribution in [3.8, 4) is 5.75 Å². The molecular weight excluding hydrogens is 482 g/mol. The number of carbonyl (C=O) groups is 3. The number of carbonyl (C=O) groups excluding carboxylic acids is 3. The lowest BCUT2D eigenvalue weighted by Crippen LogP contribution is -2.49. The molecule has 0 bridgehead atoms. The molecule has 0 spiro atoms. The maximum atomic E-state index is 13.4. The standard InChI is InChI=1S/C26H33N3O6S/c1-4-16-27-25(31)22(5-2)28(18-19-12-14-20(35-3)15-13-19)24(30)11-8-17-29-26(32)21-9-6-7-10-23(21)36(29,33)34/h6-7,9-10,12-15,22H,4-5,8,11,16-18H2,1-3H3,(H,27,31). The van der Waals surface area contributed by atoms with Gasteiger partial charge in [-0.2, -0.15) is 0 Å². The lowest BCUT2D eigenvalue weighted by atomic mass is 10.1. The molecule has 2 aromatic carbocycles. The summed E-state index contributed by atoms with van der Waals surface area (Å²) in [7, 11) is -2.36. The van der Waals surface area contributed by atoms with Crippen LogP contribution in [0.15, 0.2) is 53.4 Å². The average Bonchev–Trinajstić information content (AvgIpc) is 3.08.